The Morgan fingerprint density at radius 2 is 1.73 bits per heavy atom. The first-order valence-electron chi connectivity index (χ1n) is 8.13. The van der Waals surface area contributed by atoms with Crippen molar-refractivity contribution in [1.82, 2.24) is 9.78 Å². The van der Waals surface area contributed by atoms with Gasteiger partial charge in [0.15, 0.2) is 0 Å². The van der Waals surface area contributed by atoms with E-state index in [0.717, 1.165) is 17.9 Å². The zero-order valence-electron chi connectivity index (χ0n) is 14.4. The van der Waals surface area contributed by atoms with Crippen LogP contribution in [0.5, 0.6) is 0 Å². The molecule has 4 nitrogen and oxygen atoms in total. The second kappa shape index (κ2) is 6.71. The zero-order chi connectivity index (χ0) is 16.4. The van der Waals surface area contributed by atoms with Gasteiger partial charge in [-0.05, 0) is 46.5 Å². The third-order valence-corrected chi connectivity index (χ3v) is 5.10. The van der Waals surface area contributed by atoms with E-state index >= 15 is 0 Å². The molecule has 1 saturated carbocycles. The largest absolute Gasteiger partial charge is 0.498 e. The molecule has 2 aliphatic rings. The van der Waals surface area contributed by atoms with E-state index in [4.69, 9.17) is 9.31 Å². The van der Waals surface area contributed by atoms with Gasteiger partial charge in [0, 0.05) is 24.4 Å². The zero-order valence-corrected chi connectivity index (χ0v) is 14.4. The molecule has 1 saturated heterocycles. The highest BCUT2D eigenvalue weighted by atomic mass is 19.1. The quantitative estimate of drug-likeness (QED) is 0.805. The Morgan fingerprint density at radius 3 is 2.27 bits per heavy atom. The fourth-order valence-corrected chi connectivity index (χ4v) is 3.04. The van der Waals surface area contributed by atoms with E-state index in [1.807, 2.05) is 6.20 Å². The number of hydrogen-bond acceptors (Lipinski definition) is 3. The molecule has 0 aromatic carbocycles. The standard InChI is InChI=1S/C15H25BN2O2.CH3F/c1-14(2)15(3,4)20-16(19-14)13-9-17-18(11-13)10-12-7-5-6-8-12;1-2/h9,11-12H,5-8,10H2,1-4H3;1H3. The molecule has 0 N–H and O–H groups in total. The van der Waals surface area contributed by atoms with Gasteiger partial charge in [0.2, 0.25) is 0 Å². The van der Waals surface area contributed by atoms with Crippen LogP contribution in [-0.4, -0.2) is 35.3 Å². The minimum atomic E-state index is -0.294. The molecule has 1 aromatic rings. The summed E-state index contributed by atoms with van der Waals surface area (Å²) in [6.45, 7) is 9.34. The highest BCUT2D eigenvalue weighted by molar-refractivity contribution is 6.61. The molecule has 1 aliphatic carbocycles. The van der Waals surface area contributed by atoms with Gasteiger partial charge in [-0.2, -0.15) is 5.10 Å². The van der Waals surface area contributed by atoms with Gasteiger partial charge in [0.1, 0.15) is 0 Å². The smallest absolute Gasteiger partial charge is 0.399 e. The maximum atomic E-state index is 9.50. The lowest BCUT2D eigenvalue weighted by atomic mass is 9.82. The van der Waals surface area contributed by atoms with Crippen molar-refractivity contribution in [2.45, 2.75) is 71.1 Å². The summed E-state index contributed by atoms with van der Waals surface area (Å²) in [5.41, 5.74) is 0.456. The Labute approximate surface area is 133 Å². The molecule has 0 spiro atoms. The first-order chi connectivity index (χ1) is 10.4. The van der Waals surface area contributed by atoms with Gasteiger partial charge in [0.05, 0.1) is 18.4 Å². The van der Waals surface area contributed by atoms with E-state index in [9.17, 15) is 4.39 Å². The summed E-state index contributed by atoms with van der Waals surface area (Å²) in [5, 5.41) is 4.48. The summed E-state index contributed by atoms with van der Waals surface area (Å²) in [4.78, 5) is 0. The first kappa shape index (κ1) is 17.5. The topological polar surface area (TPSA) is 36.3 Å². The van der Waals surface area contributed by atoms with Gasteiger partial charge in [-0.15, -0.1) is 0 Å². The van der Waals surface area contributed by atoms with Crippen molar-refractivity contribution in [2.24, 2.45) is 5.92 Å². The van der Waals surface area contributed by atoms with Crippen molar-refractivity contribution >= 4 is 12.6 Å². The molecule has 6 heteroatoms. The highest BCUT2D eigenvalue weighted by Gasteiger charge is 2.52. The van der Waals surface area contributed by atoms with Crippen LogP contribution < -0.4 is 5.46 Å². The van der Waals surface area contributed by atoms with Crippen LogP contribution in [0.2, 0.25) is 0 Å². The van der Waals surface area contributed by atoms with Crippen molar-refractivity contribution in [2.75, 3.05) is 7.18 Å². The lowest BCUT2D eigenvalue weighted by Gasteiger charge is -2.32. The van der Waals surface area contributed by atoms with Gasteiger partial charge in [-0.1, -0.05) is 12.8 Å². The summed E-state index contributed by atoms with van der Waals surface area (Å²) in [5.74, 6) is 0.793. The van der Waals surface area contributed by atoms with Crippen LogP contribution in [0, 0.1) is 5.92 Å². The fourth-order valence-electron chi connectivity index (χ4n) is 3.04. The number of halogens is 1. The normalized spacial score (nSPS) is 23.5. The van der Waals surface area contributed by atoms with Gasteiger partial charge >= 0.3 is 7.12 Å². The Balaban J connectivity index is 0.000000847. The molecule has 0 bridgehead atoms. The predicted molar refractivity (Wildman–Crippen MR) is 86.9 cm³/mol. The Bertz CT molecular complexity index is 468. The van der Waals surface area contributed by atoms with Crippen LogP contribution in [-0.2, 0) is 15.9 Å². The van der Waals surface area contributed by atoms with Crippen LogP contribution in [0.15, 0.2) is 12.4 Å². The highest BCUT2D eigenvalue weighted by Crippen LogP contribution is 2.36. The molecule has 1 aliphatic heterocycles. The molecule has 2 heterocycles. The SMILES string of the molecule is CC1(C)OB(c2cnn(CC3CCCC3)c2)OC1(C)C.CF. The molecule has 22 heavy (non-hydrogen) atoms. The van der Waals surface area contributed by atoms with Crippen LogP contribution in [0.1, 0.15) is 53.4 Å². The minimum Gasteiger partial charge on any atom is -0.399 e. The van der Waals surface area contributed by atoms with Crippen molar-refractivity contribution in [3.63, 3.8) is 0 Å². The molecular weight excluding hydrogens is 282 g/mol. The van der Waals surface area contributed by atoms with Crippen LogP contribution in [0.3, 0.4) is 0 Å². The molecule has 3 rings (SSSR count). The van der Waals surface area contributed by atoms with Gasteiger partial charge < -0.3 is 9.31 Å². The van der Waals surface area contributed by atoms with E-state index in [1.54, 1.807) is 0 Å². The van der Waals surface area contributed by atoms with Crippen molar-refractivity contribution in [1.29, 1.82) is 0 Å². The molecule has 124 valence electrons. The molecule has 2 fully saturated rings. The monoisotopic (exact) mass is 310 g/mol. The van der Waals surface area contributed by atoms with E-state index in [-0.39, 0.29) is 18.3 Å². The maximum absolute atomic E-state index is 9.50. The van der Waals surface area contributed by atoms with Crippen LogP contribution in [0.4, 0.5) is 4.39 Å². The average Bonchev–Trinajstić information content (AvgIpc) is 3.15. The van der Waals surface area contributed by atoms with E-state index in [2.05, 4.69) is 43.7 Å². The van der Waals surface area contributed by atoms with E-state index < -0.39 is 0 Å². The summed E-state index contributed by atoms with van der Waals surface area (Å²) in [6.07, 6.45) is 9.39. The Kier molecular flexibility index (Phi) is 5.33. The molecule has 0 unspecified atom stereocenters. The van der Waals surface area contributed by atoms with Gasteiger partial charge in [-0.25, -0.2) is 0 Å². The fraction of sp³-hybridized carbons (Fsp3) is 0.812. The number of rotatable bonds is 3. The molecule has 0 amide bonds. The molecule has 1 aromatic heterocycles. The van der Waals surface area contributed by atoms with Gasteiger partial charge in [-0.3, -0.25) is 9.07 Å². The third kappa shape index (κ3) is 3.54. The van der Waals surface area contributed by atoms with E-state index in [0.29, 0.717) is 7.18 Å². The Hall–Kier alpha value is -0.875. The van der Waals surface area contributed by atoms with Crippen molar-refractivity contribution < 1.29 is 13.7 Å². The number of hydrogen-bond donors (Lipinski definition) is 0. The first-order valence-corrected chi connectivity index (χ1v) is 8.13. The van der Waals surface area contributed by atoms with Crippen molar-refractivity contribution in [3.05, 3.63) is 12.4 Å². The summed E-state index contributed by atoms with van der Waals surface area (Å²) >= 11 is 0. The van der Waals surface area contributed by atoms with Crippen LogP contribution in [0.25, 0.3) is 0 Å². The lowest BCUT2D eigenvalue weighted by molar-refractivity contribution is 0.00578. The number of aromatic nitrogens is 2. The lowest BCUT2D eigenvalue weighted by Crippen LogP contribution is -2.41. The van der Waals surface area contributed by atoms with Gasteiger partial charge in [0.25, 0.3) is 0 Å². The van der Waals surface area contributed by atoms with E-state index in [1.165, 1.54) is 25.7 Å². The second-order valence-corrected chi connectivity index (χ2v) is 7.23. The average molecular weight is 310 g/mol. The summed E-state index contributed by atoms with van der Waals surface area (Å²) in [6, 6.07) is 0. The maximum Gasteiger partial charge on any atom is 0.498 e. The van der Waals surface area contributed by atoms with Crippen molar-refractivity contribution in [3.8, 4) is 0 Å². The van der Waals surface area contributed by atoms with Crippen LogP contribution >= 0.6 is 0 Å². The number of alkyl halides is 1. The number of nitrogens with zero attached hydrogens (tertiary/aromatic N) is 2. The summed E-state index contributed by atoms with van der Waals surface area (Å²) in [7, 11) is 0.206. The summed E-state index contributed by atoms with van der Waals surface area (Å²) < 4.78 is 23.7. The molecule has 0 radical (unpaired) electrons. The third-order valence-electron chi connectivity index (χ3n) is 5.10. The minimum absolute atomic E-state index is 0.286. The molecular formula is C16H28BFN2O2. The Morgan fingerprint density at radius 1 is 1.18 bits per heavy atom. The molecule has 0 atom stereocenters. The predicted octanol–water partition coefficient (Wildman–Crippen LogP) is 2.96. The second-order valence-electron chi connectivity index (χ2n) is 7.23.